The van der Waals surface area contributed by atoms with Crippen LogP contribution < -0.4 is 0 Å². The predicted octanol–water partition coefficient (Wildman–Crippen LogP) is 3.05. The average molecular weight is 399 g/mol. The van der Waals surface area contributed by atoms with Gasteiger partial charge in [-0.05, 0) is 38.4 Å². The van der Waals surface area contributed by atoms with Crippen molar-refractivity contribution in [3.05, 3.63) is 51.5 Å². The number of benzene rings is 1. The van der Waals surface area contributed by atoms with Crippen LogP contribution in [0.1, 0.15) is 38.8 Å². The molecule has 0 spiro atoms. The van der Waals surface area contributed by atoms with Gasteiger partial charge >= 0.3 is 0 Å². The van der Waals surface area contributed by atoms with Crippen LogP contribution in [0.15, 0.2) is 30.3 Å². The van der Waals surface area contributed by atoms with E-state index in [-0.39, 0.29) is 5.91 Å². The minimum absolute atomic E-state index is 0.168. The van der Waals surface area contributed by atoms with Gasteiger partial charge < -0.3 is 9.80 Å². The van der Waals surface area contributed by atoms with Gasteiger partial charge in [0.2, 0.25) is 0 Å². The minimum Gasteiger partial charge on any atom is -0.335 e. The van der Waals surface area contributed by atoms with E-state index in [4.69, 9.17) is 4.98 Å². The molecule has 5 nitrogen and oxygen atoms in total. The van der Waals surface area contributed by atoms with Gasteiger partial charge in [-0.1, -0.05) is 30.3 Å². The Balaban J connectivity index is 1.29. The second-order valence-electron chi connectivity index (χ2n) is 7.87. The second-order valence-corrected chi connectivity index (χ2v) is 8.96. The molecule has 2 aliphatic rings. The van der Waals surface area contributed by atoms with Crippen molar-refractivity contribution in [1.29, 1.82) is 0 Å². The van der Waals surface area contributed by atoms with Crippen LogP contribution in [0.25, 0.3) is 0 Å². The number of carbonyl (C=O) groups is 1. The molecule has 2 aromatic rings. The lowest BCUT2D eigenvalue weighted by atomic mass is 10.2. The van der Waals surface area contributed by atoms with Crippen molar-refractivity contribution >= 4 is 17.2 Å². The standard InChI is InChI=1S/C22H30N4OS/c1-18-21(28-20(23-18)9-12-24-10-5-6-11-24)22(27)26-15-13-25(14-16-26)17-19-7-3-2-4-8-19/h2-4,7-8H,5-6,9-17H2,1H3. The molecule has 150 valence electrons. The fourth-order valence-corrected chi connectivity index (χ4v) is 5.13. The van der Waals surface area contributed by atoms with Gasteiger partial charge in [-0.25, -0.2) is 4.98 Å². The summed E-state index contributed by atoms with van der Waals surface area (Å²) in [6.45, 7) is 9.89. The zero-order chi connectivity index (χ0) is 19.3. The fourth-order valence-electron chi connectivity index (χ4n) is 4.11. The van der Waals surface area contributed by atoms with Crippen molar-refractivity contribution in [2.24, 2.45) is 0 Å². The summed E-state index contributed by atoms with van der Waals surface area (Å²) in [5.41, 5.74) is 2.24. The first kappa shape index (κ1) is 19.6. The lowest BCUT2D eigenvalue weighted by molar-refractivity contribution is 0.0632. The molecule has 2 saturated heterocycles. The third-order valence-electron chi connectivity index (χ3n) is 5.78. The van der Waals surface area contributed by atoms with Crippen molar-refractivity contribution in [3.8, 4) is 0 Å². The highest BCUT2D eigenvalue weighted by atomic mass is 32.1. The molecule has 0 saturated carbocycles. The number of aryl methyl sites for hydroxylation is 1. The van der Waals surface area contributed by atoms with Gasteiger partial charge in [0.05, 0.1) is 10.7 Å². The van der Waals surface area contributed by atoms with E-state index < -0.39 is 0 Å². The molecule has 1 aromatic carbocycles. The Morgan fingerprint density at radius 3 is 2.43 bits per heavy atom. The lowest BCUT2D eigenvalue weighted by Crippen LogP contribution is -2.48. The van der Waals surface area contributed by atoms with Crippen LogP contribution in [0.3, 0.4) is 0 Å². The van der Waals surface area contributed by atoms with E-state index in [0.29, 0.717) is 0 Å². The lowest BCUT2D eigenvalue weighted by Gasteiger charge is -2.34. The van der Waals surface area contributed by atoms with Crippen LogP contribution in [0.4, 0.5) is 0 Å². The number of carbonyl (C=O) groups excluding carboxylic acids is 1. The summed E-state index contributed by atoms with van der Waals surface area (Å²) in [7, 11) is 0. The van der Waals surface area contributed by atoms with Crippen LogP contribution in [0.2, 0.25) is 0 Å². The Labute approximate surface area is 172 Å². The van der Waals surface area contributed by atoms with E-state index in [1.54, 1.807) is 11.3 Å². The second kappa shape index (κ2) is 9.16. The van der Waals surface area contributed by atoms with Crippen molar-refractivity contribution in [3.63, 3.8) is 0 Å². The molecule has 3 heterocycles. The summed E-state index contributed by atoms with van der Waals surface area (Å²) in [6.07, 6.45) is 3.59. The fraction of sp³-hybridized carbons (Fsp3) is 0.545. The molecular formula is C22H30N4OS. The van der Waals surface area contributed by atoms with Gasteiger partial charge in [-0.3, -0.25) is 9.69 Å². The monoisotopic (exact) mass is 398 g/mol. The number of thiazole rings is 1. The van der Waals surface area contributed by atoms with Crippen molar-refractivity contribution in [1.82, 2.24) is 19.7 Å². The molecule has 1 amide bonds. The maximum absolute atomic E-state index is 13.0. The van der Waals surface area contributed by atoms with Gasteiger partial charge in [0, 0.05) is 45.7 Å². The van der Waals surface area contributed by atoms with E-state index in [0.717, 1.165) is 61.3 Å². The SMILES string of the molecule is Cc1nc(CCN2CCCC2)sc1C(=O)N1CCN(Cc2ccccc2)CC1. The van der Waals surface area contributed by atoms with Crippen LogP contribution >= 0.6 is 11.3 Å². The number of amides is 1. The summed E-state index contributed by atoms with van der Waals surface area (Å²) in [6, 6.07) is 10.6. The average Bonchev–Trinajstić information content (AvgIpc) is 3.37. The first-order chi connectivity index (χ1) is 13.7. The molecule has 28 heavy (non-hydrogen) atoms. The van der Waals surface area contributed by atoms with Gasteiger partial charge in [0.15, 0.2) is 0 Å². The molecule has 1 aromatic heterocycles. The summed E-state index contributed by atoms with van der Waals surface area (Å²) >= 11 is 1.61. The first-order valence-electron chi connectivity index (χ1n) is 10.4. The normalized spacial score (nSPS) is 18.7. The van der Waals surface area contributed by atoms with Gasteiger partial charge in [-0.15, -0.1) is 11.3 Å². The van der Waals surface area contributed by atoms with Crippen LogP contribution in [-0.2, 0) is 13.0 Å². The summed E-state index contributed by atoms with van der Waals surface area (Å²) in [4.78, 5) is 25.5. The quantitative estimate of drug-likeness (QED) is 0.750. The minimum atomic E-state index is 0.168. The van der Waals surface area contributed by atoms with Crippen LogP contribution in [0.5, 0.6) is 0 Å². The van der Waals surface area contributed by atoms with Gasteiger partial charge in [0.1, 0.15) is 4.88 Å². The largest absolute Gasteiger partial charge is 0.335 e. The van der Waals surface area contributed by atoms with Gasteiger partial charge in [-0.2, -0.15) is 0 Å². The number of hydrogen-bond acceptors (Lipinski definition) is 5. The number of likely N-dealkylation sites (tertiary alicyclic amines) is 1. The Kier molecular flexibility index (Phi) is 6.40. The molecule has 0 bridgehead atoms. The van der Waals surface area contributed by atoms with E-state index in [1.807, 2.05) is 11.8 Å². The molecule has 6 heteroatoms. The number of piperazine rings is 1. The Morgan fingerprint density at radius 2 is 1.71 bits per heavy atom. The van der Waals surface area contributed by atoms with E-state index in [9.17, 15) is 4.79 Å². The zero-order valence-electron chi connectivity index (χ0n) is 16.8. The van der Waals surface area contributed by atoms with Gasteiger partial charge in [0.25, 0.3) is 5.91 Å². The summed E-state index contributed by atoms with van der Waals surface area (Å²) in [5, 5.41) is 1.11. The molecule has 2 aliphatic heterocycles. The topological polar surface area (TPSA) is 39.7 Å². The van der Waals surface area contributed by atoms with Crippen LogP contribution in [0, 0.1) is 6.92 Å². The number of aromatic nitrogens is 1. The van der Waals surface area contributed by atoms with E-state index in [2.05, 4.69) is 40.1 Å². The van der Waals surface area contributed by atoms with Crippen molar-refractivity contribution in [2.75, 3.05) is 45.8 Å². The molecule has 2 fully saturated rings. The molecule has 0 radical (unpaired) electrons. The molecular weight excluding hydrogens is 368 g/mol. The third kappa shape index (κ3) is 4.80. The summed E-state index contributed by atoms with van der Waals surface area (Å²) in [5.74, 6) is 0.168. The van der Waals surface area contributed by atoms with Crippen LogP contribution in [-0.4, -0.2) is 71.4 Å². The molecule has 4 rings (SSSR count). The Hall–Kier alpha value is -1.76. The highest BCUT2D eigenvalue weighted by molar-refractivity contribution is 7.13. The molecule has 0 aliphatic carbocycles. The third-order valence-corrected chi connectivity index (χ3v) is 6.99. The smallest absolute Gasteiger partial charge is 0.265 e. The molecule has 0 atom stereocenters. The van der Waals surface area contributed by atoms with Crippen molar-refractivity contribution < 1.29 is 4.79 Å². The molecule has 0 N–H and O–H groups in total. The Bertz CT molecular complexity index is 777. The Morgan fingerprint density at radius 1 is 1.00 bits per heavy atom. The highest BCUT2D eigenvalue weighted by Crippen LogP contribution is 2.22. The molecule has 0 unspecified atom stereocenters. The first-order valence-corrected chi connectivity index (χ1v) is 11.2. The maximum atomic E-state index is 13.0. The van der Waals surface area contributed by atoms with E-state index in [1.165, 1.54) is 31.5 Å². The van der Waals surface area contributed by atoms with Crippen molar-refractivity contribution in [2.45, 2.75) is 32.7 Å². The number of rotatable bonds is 6. The number of nitrogens with zero attached hydrogens (tertiary/aromatic N) is 4. The predicted molar refractivity (Wildman–Crippen MR) is 114 cm³/mol. The summed E-state index contributed by atoms with van der Waals surface area (Å²) < 4.78 is 0. The number of hydrogen-bond donors (Lipinski definition) is 0. The highest BCUT2D eigenvalue weighted by Gasteiger charge is 2.25. The van der Waals surface area contributed by atoms with E-state index >= 15 is 0 Å². The zero-order valence-corrected chi connectivity index (χ0v) is 17.6. The maximum Gasteiger partial charge on any atom is 0.265 e.